The first-order valence-corrected chi connectivity index (χ1v) is 12.5. The van der Waals surface area contributed by atoms with E-state index in [1.165, 1.54) is 12.1 Å². The monoisotopic (exact) mass is 478 g/mol. The Kier molecular flexibility index (Phi) is 6.84. The largest absolute Gasteiger partial charge is 0.462 e. The van der Waals surface area contributed by atoms with Gasteiger partial charge in [-0.05, 0) is 80.2 Å². The van der Waals surface area contributed by atoms with E-state index in [0.717, 1.165) is 42.5 Å². The van der Waals surface area contributed by atoms with Gasteiger partial charge in [0.1, 0.15) is 11.9 Å². The molecule has 0 bridgehead atoms. The summed E-state index contributed by atoms with van der Waals surface area (Å²) in [7, 11) is 0. The molecule has 5 rings (SSSR count). The molecule has 1 N–H and O–H groups in total. The maximum absolute atomic E-state index is 13.6. The number of carbonyl (C=O) groups is 2. The van der Waals surface area contributed by atoms with E-state index in [1.54, 1.807) is 19.2 Å². The van der Waals surface area contributed by atoms with Crippen molar-refractivity contribution in [3.8, 4) is 11.1 Å². The fourth-order valence-corrected chi connectivity index (χ4v) is 6.22. The maximum Gasteiger partial charge on any atom is 0.407 e. The lowest BCUT2D eigenvalue weighted by atomic mass is 9.59. The van der Waals surface area contributed by atoms with Crippen molar-refractivity contribution in [1.82, 2.24) is 10.3 Å². The molecule has 1 aromatic heterocycles. The first kappa shape index (κ1) is 23.5. The number of carbonyl (C=O) groups excluding carboxylic acids is 2. The lowest BCUT2D eigenvalue weighted by Crippen LogP contribution is -2.48. The van der Waals surface area contributed by atoms with Gasteiger partial charge in [0.15, 0.2) is 0 Å². The minimum atomic E-state index is -0.360. The highest BCUT2D eigenvalue weighted by atomic mass is 19.1. The summed E-state index contributed by atoms with van der Waals surface area (Å²) in [5, 5.41) is 3.00. The van der Waals surface area contributed by atoms with Crippen LogP contribution in [0.15, 0.2) is 48.7 Å². The van der Waals surface area contributed by atoms with E-state index in [4.69, 9.17) is 9.47 Å². The second kappa shape index (κ2) is 10.2. The second-order valence-electron chi connectivity index (χ2n) is 9.85. The van der Waals surface area contributed by atoms with Crippen molar-refractivity contribution in [1.29, 1.82) is 0 Å². The highest BCUT2D eigenvalue weighted by Gasteiger charge is 2.50. The predicted molar refractivity (Wildman–Crippen MR) is 130 cm³/mol. The average Bonchev–Trinajstić information content (AvgIpc) is 3.22. The number of esters is 1. The fourth-order valence-electron chi connectivity index (χ4n) is 6.22. The summed E-state index contributed by atoms with van der Waals surface area (Å²) in [5.74, 6) is 0.832. The van der Waals surface area contributed by atoms with Gasteiger partial charge in [0.2, 0.25) is 0 Å². The molecule has 1 aromatic carbocycles. The number of ether oxygens (including phenoxy) is 2. The summed E-state index contributed by atoms with van der Waals surface area (Å²) < 4.78 is 24.3. The molecule has 6 atom stereocenters. The number of allylic oxidation sites excluding steroid dienone is 1. The molecular weight excluding hydrogens is 447 g/mol. The van der Waals surface area contributed by atoms with Gasteiger partial charge in [0.25, 0.3) is 0 Å². The molecule has 35 heavy (non-hydrogen) atoms. The molecule has 0 radical (unpaired) electrons. The van der Waals surface area contributed by atoms with Crippen molar-refractivity contribution in [2.45, 2.75) is 51.2 Å². The summed E-state index contributed by atoms with van der Waals surface area (Å²) in [5.41, 5.74) is 2.48. The van der Waals surface area contributed by atoms with Gasteiger partial charge in [-0.2, -0.15) is 0 Å². The lowest BCUT2D eigenvalue weighted by molar-refractivity contribution is -0.143. The van der Waals surface area contributed by atoms with Gasteiger partial charge >= 0.3 is 12.1 Å². The molecule has 2 heterocycles. The average molecular weight is 479 g/mol. The zero-order valence-corrected chi connectivity index (χ0v) is 19.9. The summed E-state index contributed by atoms with van der Waals surface area (Å²) >= 11 is 0. The Morgan fingerprint density at radius 3 is 2.86 bits per heavy atom. The zero-order chi connectivity index (χ0) is 24.4. The number of amides is 1. The van der Waals surface area contributed by atoms with Gasteiger partial charge in [0, 0.05) is 23.7 Å². The molecule has 7 heteroatoms. The number of hydrogen-bond acceptors (Lipinski definition) is 5. The molecule has 1 aliphatic heterocycles. The Labute approximate surface area is 204 Å². The van der Waals surface area contributed by atoms with Gasteiger partial charge in [-0.3, -0.25) is 9.78 Å². The first-order chi connectivity index (χ1) is 17.0. The van der Waals surface area contributed by atoms with Crippen LogP contribution in [-0.4, -0.2) is 35.8 Å². The van der Waals surface area contributed by atoms with E-state index in [1.807, 2.05) is 24.3 Å². The Hall–Kier alpha value is -3.22. The highest BCUT2D eigenvalue weighted by molar-refractivity contribution is 5.72. The van der Waals surface area contributed by atoms with Crippen LogP contribution in [0.5, 0.6) is 0 Å². The third kappa shape index (κ3) is 5.24. The number of nitrogens with one attached hydrogen (secondary N) is 1. The van der Waals surface area contributed by atoms with Gasteiger partial charge < -0.3 is 14.8 Å². The number of rotatable bonds is 5. The molecule has 0 spiro atoms. The van der Waals surface area contributed by atoms with Crippen molar-refractivity contribution in [2.24, 2.45) is 23.7 Å². The zero-order valence-electron chi connectivity index (χ0n) is 19.9. The Balaban J connectivity index is 1.31. The summed E-state index contributed by atoms with van der Waals surface area (Å²) in [6, 6.07) is 10.5. The van der Waals surface area contributed by atoms with Crippen LogP contribution in [-0.2, 0) is 14.3 Å². The van der Waals surface area contributed by atoms with E-state index in [-0.39, 0.29) is 41.9 Å². The highest BCUT2D eigenvalue weighted by Crippen LogP contribution is 2.51. The molecular formula is C28H31FN2O4. The molecule has 3 aliphatic rings. The van der Waals surface area contributed by atoms with Gasteiger partial charge in [-0.15, -0.1) is 0 Å². The van der Waals surface area contributed by atoms with Crippen LogP contribution in [0.4, 0.5) is 9.18 Å². The van der Waals surface area contributed by atoms with Crippen LogP contribution in [0.25, 0.3) is 17.2 Å². The molecule has 1 saturated heterocycles. The molecule has 1 amide bonds. The maximum atomic E-state index is 13.6. The minimum absolute atomic E-state index is 0.0666. The van der Waals surface area contributed by atoms with Crippen LogP contribution in [0, 0.1) is 29.5 Å². The van der Waals surface area contributed by atoms with Gasteiger partial charge in [-0.25, -0.2) is 9.18 Å². The van der Waals surface area contributed by atoms with Crippen LogP contribution in [0.2, 0.25) is 0 Å². The van der Waals surface area contributed by atoms with E-state index in [0.29, 0.717) is 24.9 Å². The Morgan fingerprint density at radius 2 is 2.09 bits per heavy atom. The topological polar surface area (TPSA) is 77.5 Å². The quantitative estimate of drug-likeness (QED) is 0.584. The van der Waals surface area contributed by atoms with Crippen LogP contribution >= 0.6 is 0 Å². The molecule has 184 valence electrons. The van der Waals surface area contributed by atoms with E-state index in [2.05, 4.69) is 16.4 Å². The van der Waals surface area contributed by atoms with Gasteiger partial charge in [0.05, 0.1) is 18.7 Å². The number of hydrogen-bond donors (Lipinski definition) is 1. The number of aromatic nitrogens is 1. The van der Waals surface area contributed by atoms with Crippen molar-refractivity contribution in [3.05, 3.63) is 60.2 Å². The van der Waals surface area contributed by atoms with Crippen LogP contribution in [0.1, 0.15) is 44.7 Å². The minimum Gasteiger partial charge on any atom is -0.462 e. The normalized spacial score (nSPS) is 29.8. The van der Waals surface area contributed by atoms with E-state index < -0.39 is 0 Å². The standard InChI is InChI=1S/C28H31FN2O4/c1-2-34-28(33)31-22-9-10-23-19(13-22)14-26-25(15-27(32)35-26)24(23)11-8-21-7-6-18(16-30-21)17-4-3-5-20(29)12-17/h3-8,11-12,16,19,22-26H,2,9-10,13-15H2,1H3,(H,31,33)/b11-8+/t19-,22+,23+,24-,25+,26-/m0/s1. The predicted octanol–water partition coefficient (Wildman–Crippen LogP) is 5.38. The summed E-state index contributed by atoms with van der Waals surface area (Å²) in [6.07, 6.45) is 9.64. The van der Waals surface area contributed by atoms with Crippen molar-refractivity contribution < 1.29 is 23.5 Å². The second-order valence-corrected chi connectivity index (χ2v) is 9.85. The third-order valence-corrected chi connectivity index (χ3v) is 7.76. The molecule has 3 fully saturated rings. The summed E-state index contributed by atoms with van der Waals surface area (Å²) in [4.78, 5) is 28.6. The number of nitrogens with zero attached hydrogens (tertiary/aromatic N) is 1. The van der Waals surface area contributed by atoms with Crippen LogP contribution in [0.3, 0.4) is 0 Å². The number of pyridine rings is 1. The number of halogens is 1. The molecule has 2 saturated carbocycles. The third-order valence-electron chi connectivity index (χ3n) is 7.76. The molecule has 0 unspecified atom stereocenters. The Bertz CT molecular complexity index is 1100. The SMILES string of the molecule is CCOC(=O)N[C@@H]1CC[C@@H]2[C@@H](C1)C[C@@H]1OC(=O)C[C@@H]1[C@H]2/C=C/c1ccc(-c2cccc(F)c2)cn1. The number of alkyl carbamates (subject to hydrolysis) is 1. The smallest absolute Gasteiger partial charge is 0.407 e. The number of fused-ring (bicyclic) bond motifs is 2. The molecule has 2 aliphatic carbocycles. The van der Waals surface area contributed by atoms with E-state index in [9.17, 15) is 14.0 Å². The molecule has 6 nitrogen and oxygen atoms in total. The number of benzene rings is 1. The Morgan fingerprint density at radius 1 is 1.20 bits per heavy atom. The first-order valence-electron chi connectivity index (χ1n) is 12.5. The van der Waals surface area contributed by atoms with Crippen molar-refractivity contribution >= 4 is 18.1 Å². The molecule has 2 aromatic rings. The van der Waals surface area contributed by atoms with Crippen molar-refractivity contribution in [2.75, 3.05) is 6.61 Å². The van der Waals surface area contributed by atoms with E-state index >= 15 is 0 Å². The van der Waals surface area contributed by atoms with Gasteiger partial charge in [-0.1, -0.05) is 24.3 Å². The lowest BCUT2D eigenvalue weighted by Gasteiger charge is -2.47. The summed E-state index contributed by atoms with van der Waals surface area (Å²) in [6.45, 7) is 2.15. The van der Waals surface area contributed by atoms with Crippen LogP contribution < -0.4 is 5.32 Å². The fraction of sp³-hybridized carbons (Fsp3) is 0.464. The van der Waals surface area contributed by atoms with Crippen molar-refractivity contribution in [3.63, 3.8) is 0 Å².